The Kier molecular flexibility index (Phi) is 6.69. The number of likely N-dealkylation sites (tertiary alicyclic amines) is 1. The van der Waals surface area contributed by atoms with Crippen LogP contribution in [0.2, 0.25) is 0 Å². The zero-order chi connectivity index (χ0) is 20.8. The standard InChI is InChI=1S/C20H26N4O5/c1-4-28-19(26)15-9-11-24(12-10-15)17(25)13-23(2)20-21-18(22-29-20)14-5-7-16(27-3)8-6-14/h5-8,15H,4,9-13H2,1-3H3. The summed E-state index contributed by atoms with van der Waals surface area (Å²) in [6.45, 7) is 3.37. The maximum absolute atomic E-state index is 12.6. The molecule has 3 rings (SSSR count). The lowest BCUT2D eigenvalue weighted by atomic mass is 9.97. The lowest BCUT2D eigenvalue weighted by molar-refractivity contribution is -0.151. The Morgan fingerprint density at radius 2 is 1.93 bits per heavy atom. The molecule has 29 heavy (non-hydrogen) atoms. The Bertz CT molecular complexity index is 828. The van der Waals surface area contributed by atoms with Gasteiger partial charge in [-0.15, -0.1) is 0 Å². The lowest BCUT2D eigenvalue weighted by Crippen LogP contribution is -2.44. The van der Waals surface area contributed by atoms with Gasteiger partial charge in [0.05, 0.1) is 19.6 Å². The SMILES string of the molecule is CCOC(=O)C1CCN(C(=O)CN(C)c2nc(-c3ccc(OC)cc3)no2)CC1. The van der Waals surface area contributed by atoms with Gasteiger partial charge in [-0.25, -0.2) is 0 Å². The van der Waals surface area contributed by atoms with Gasteiger partial charge >= 0.3 is 12.0 Å². The van der Waals surface area contributed by atoms with Crippen LogP contribution in [-0.2, 0) is 14.3 Å². The van der Waals surface area contributed by atoms with Gasteiger partial charge in [-0.05, 0) is 44.0 Å². The van der Waals surface area contributed by atoms with Crippen LogP contribution < -0.4 is 9.64 Å². The zero-order valence-corrected chi connectivity index (χ0v) is 17.0. The molecule has 1 aromatic carbocycles. The molecule has 1 aliphatic heterocycles. The van der Waals surface area contributed by atoms with Crippen LogP contribution in [0.3, 0.4) is 0 Å². The van der Waals surface area contributed by atoms with Gasteiger partial charge < -0.3 is 23.8 Å². The third-order valence-corrected chi connectivity index (χ3v) is 4.93. The van der Waals surface area contributed by atoms with Crippen molar-refractivity contribution in [1.29, 1.82) is 0 Å². The van der Waals surface area contributed by atoms with Crippen LogP contribution in [-0.4, -0.2) is 67.3 Å². The van der Waals surface area contributed by atoms with Gasteiger partial charge in [-0.1, -0.05) is 5.16 Å². The molecular weight excluding hydrogens is 376 g/mol. The molecule has 0 aliphatic carbocycles. The van der Waals surface area contributed by atoms with E-state index in [0.29, 0.717) is 38.4 Å². The van der Waals surface area contributed by atoms with E-state index in [0.717, 1.165) is 11.3 Å². The molecule has 1 saturated heterocycles. The topological polar surface area (TPSA) is 98.0 Å². The molecule has 1 aliphatic rings. The molecule has 0 atom stereocenters. The van der Waals surface area contributed by atoms with Crippen molar-refractivity contribution < 1.29 is 23.6 Å². The normalized spacial score (nSPS) is 14.5. The van der Waals surface area contributed by atoms with Crippen LogP contribution >= 0.6 is 0 Å². The Labute approximate surface area is 169 Å². The van der Waals surface area contributed by atoms with Gasteiger partial charge in [0, 0.05) is 25.7 Å². The maximum Gasteiger partial charge on any atom is 0.324 e. The van der Waals surface area contributed by atoms with E-state index >= 15 is 0 Å². The minimum atomic E-state index is -0.173. The molecule has 0 N–H and O–H groups in total. The first-order chi connectivity index (χ1) is 14.0. The van der Waals surface area contributed by atoms with Crippen molar-refractivity contribution in [1.82, 2.24) is 15.0 Å². The number of methoxy groups -OCH3 is 1. The fraction of sp³-hybridized carbons (Fsp3) is 0.500. The molecule has 9 nitrogen and oxygen atoms in total. The fourth-order valence-electron chi connectivity index (χ4n) is 3.22. The number of aromatic nitrogens is 2. The summed E-state index contributed by atoms with van der Waals surface area (Å²) in [6, 6.07) is 7.58. The predicted molar refractivity (Wildman–Crippen MR) is 105 cm³/mol. The van der Waals surface area contributed by atoms with Crippen LogP contribution in [0.25, 0.3) is 11.4 Å². The number of likely N-dealkylation sites (N-methyl/N-ethyl adjacent to an activating group) is 1. The number of piperidine rings is 1. The summed E-state index contributed by atoms with van der Waals surface area (Å²) in [5, 5.41) is 3.98. The number of carbonyl (C=O) groups excluding carboxylic acids is 2. The number of ether oxygens (including phenoxy) is 2. The largest absolute Gasteiger partial charge is 0.497 e. The molecule has 2 aromatic rings. The predicted octanol–water partition coefficient (Wildman–Crippen LogP) is 1.98. The van der Waals surface area contributed by atoms with Gasteiger partial charge in [0.1, 0.15) is 12.3 Å². The number of hydrogen-bond donors (Lipinski definition) is 0. The highest BCUT2D eigenvalue weighted by molar-refractivity contribution is 5.81. The average Bonchev–Trinajstić information content (AvgIpc) is 3.24. The number of benzene rings is 1. The molecule has 1 aromatic heterocycles. The molecule has 2 heterocycles. The number of rotatable bonds is 7. The zero-order valence-electron chi connectivity index (χ0n) is 17.0. The van der Waals surface area contributed by atoms with E-state index in [1.807, 2.05) is 24.3 Å². The Hall–Kier alpha value is -3.10. The third kappa shape index (κ3) is 5.04. The molecule has 156 valence electrons. The average molecular weight is 402 g/mol. The van der Waals surface area contributed by atoms with Gasteiger partial charge in [0.15, 0.2) is 0 Å². The molecule has 1 fully saturated rings. The Balaban J connectivity index is 1.54. The van der Waals surface area contributed by atoms with Gasteiger partial charge in [0.2, 0.25) is 11.7 Å². The van der Waals surface area contributed by atoms with E-state index in [1.54, 1.807) is 30.9 Å². The summed E-state index contributed by atoms with van der Waals surface area (Å²) >= 11 is 0. The van der Waals surface area contributed by atoms with Gasteiger partial charge in [-0.3, -0.25) is 9.59 Å². The molecule has 0 radical (unpaired) electrons. The smallest absolute Gasteiger partial charge is 0.324 e. The molecule has 9 heteroatoms. The molecule has 1 amide bonds. The fourth-order valence-corrected chi connectivity index (χ4v) is 3.22. The van der Waals surface area contributed by atoms with Crippen LogP contribution in [0.15, 0.2) is 28.8 Å². The van der Waals surface area contributed by atoms with E-state index in [4.69, 9.17) is 14.0 Å². The van der Waals surface area contributed by atoms with E-state index in [1.165, 1.54) is 0 Å². The van der Waals surface area contributed by atoms with Gasteiger partial charge in [0.25, 0.3) is 0 Å². The summed E-state index contributed by atoms with van der Waals surface area (Å²) in [6.07, 6.45) is 1.24. The second kappa shape index (κ2) is 9.40. The molecular formula is C20H26N4O5. The third-order valence-electron chi connectivity index (χ3n) is 4.93. The number of esters is 1. The van der Waals surface area contributed by atoms with Crippen molar-refractivity contribution in [3.8, 4) is 17.1 Å². The van der Waals surface area contributed by atoms with Crippen LogP contribution in [0, 0.1) is 5.92 Å². The Morgan fingerprint density at radius 3 is 2.55 bits per heavy atom. The molecule has 0 unspecified atom stereocenters. The number of hydrogen-bond acceptors (Lipinski definition) is 8. The Morgan fingerprint density at radius 1 is 1.24 bits per heavy atom. The quantitative estimate of drug-likeness (QED) is 0.649. The van der Waals surface area contributed by atoms with Crippen molar-refractivity contribution in [2.75, 3.05) is 45.3 Å². The summed E-state index contributed by atoms with van der Waals surface area (Å²) in [4.78, 5) is 32.2. The highest BCUT2D eigenvalue weighted by Gasteiger charge is 2.29. The molecule has 0 saturated carbocycles. The monoisotopic (exact) mass is 402 g/mol. The van der Waals surface area contributed by atoms with E-state index in [-0.39, 0.29) is 30.4 Å². The number of anilines is 1. The number of carbonyl (C=O) groups is 2. The second-order valence-electron chi connectivity index (χ2n) is 6.89. The van der Waals surface area contributed by atoms with Crippen molar-refractivity contribution in [2.45, 2.75) is 19.8 Å². The summed E-state index contributed by atoms with van der Waals surface area (Å²) in [5.41, 5.74) is 0.793. The highest BCUT2D eigenvalue weighted by atomic mass is 16.5. The highest BCUT2D eigenvalue weighted by Crippen LogP contribution is 2.23. The van der Waals surface area contributed by atoms with Crippen molar-refractivity contribution in [3.05, 3.63) is 24.3 Å². The maximum atomic E-state index is 12.6. The van der Waals surface area contributed by atoms with Gasteiger partial charge in [-0.2, -0.15) is 4.98 Å². The van der Waals surface area contributed by atoms with E-state index in [2.05, 4.69) is 10.1 Å². The number of amides is 1. The van der Waals surface area contributed by atoms with E-state index in [9.17, 15) is 9.59 Å². The first-order valence-electron chi connectivity index (χ1n) is 9.65. The second-order valence-corrected chi connectivity index (χ2v) is 6.89. The van der Waals surface area contributed by atoms with Crippen molar-refractivity contribution >= 4 is 17.9 Å². The van der Waals surface area contributed by atoms with Crippen LogP contribution in [0.1, 0.15) is 19.8 Å². The molecule has 0 spiro atoms. The molecule has 0 bridgehead atoms. The summed E-state index contributed by atoms with van der Waals surface area (Å²) in [7, 11) is 3.33. The minimum absolute atomic E-state index is 0.0426. The summed E-state index contributed by atoms with van der Waals surface area (Å²) in [5.74, 6) is 0.844. The van der Waals surface area contributed by atoms with Crippen LogP contribution in [0.4, 0.5) is 6.01 Å². The lowest BCUT2D eigenvalue weighted by Gasteiger charge is -2.31. The first kappa shape index (κ1) is 20.6. The van der Waals surface area contributed by atoms with Crippen molar-refractivity contribution in [3.63, 3.8) is 0 Å². The first-order valence-corrected chi connectivity index (χ1v) is 9.65. The summed E-state index contributed by atoms with van der Waals surface area (Å²) < 4.78 is 15.5. The minimum Gasteiger partial charge on any atom is -0.497 e. The van der Waals surface area contributed by atoms with Crippen molar-refractivity contribution in [2.24, 2.45) is 5.92 Å². The number of nitrogens with zero attached hydrogens (tertiary/aromatic N) is 4. The van der Waals surface area contributed by atoms with E-state index < -0.39 is 0 Å². The van der Waals surface area contributed by atoms with Crippen LogP contribution in [0.5, 0.6) is 5.75 Å².